The number of ether oxygens (including phenoxy) is 1. The Balaban J connectivity index is 1.78. The quantitative estimate of drug-likeness (QED) is 0.398. The van der Waals surface area contributed by atoms with E-state index in [4.69, 9.17) is 4.74 Å². The zero-order chi connectivity index (χ0) is 21.8. The summed E-state index contributed by atoms with van der Waals surface area (Å²) in [4.78, 5) is 23.2. The van der Waals surface area contributed by atoms with Crippen LogP contribution in [0, 0.1) is 12.8 Å². The number of guanidine groups is 1. The minimum atomic E-state index is -0.0717. The van der Waals surface area contributed by atoms with Crippen molar-refractivity contribution in [1.29, 1.82) is 0 Å². The summed E-state index contributed by atoms with van der Waals surface area (Å²) >= 11 is 0. The summed E-state index contributed by atoms with van der Waals surface area (Å²) in [5.74, 6) is 1.85. The van der Waals surface area contributed by atoms with Gasteiger partial charge in [-0.05, 0) is 24.5 Å². The molecule has 3 N–H and O–H groups in total. The first-order chi connectivity index (χ1) is 14.6. The van der Waals surface area contributed by atoms with Crippen LogP contribution >= 0.6 is 0 Å². The molecule has 0 spiro atoms. The summed E-state index contributed by atoms with van der Waals surface area (Å²) in [5.41, 5.74) is 1.06. The van der Waals surface area contributed by atoms with E-state index in [0.29, 0.717) is 30.7 Å². The van der Waals surface area contributed by atoms with Crippen molar-refractivity contribution < 1.29 is 9.53 Å². The summed E-state index contributed by atoms with van der Waals surface area (Å²) in [6.45, 7) is 11.4. The van der Waals surface area contributed by atoms with Crippen molar-refractivity contribution in [3.8, 4) is 0 Å². The molecule has 1 aliphatic rings. The number of nitrogens with one attached hydrogen (secondary N) is 3. The maximum absolute atomic E-state index is 12.1. The van der Waals surface area contributed by atoms with E-state index in [2.05, 4.69) is 44.7 Å². The molecule has 1 fully saturated rings. The van der Waals surface area contributed by atoms with Gasteiger partial charge in [0.2, 0.25) is 5.91 Å². The van der Waals surface area contributed by atoms with E-state index in [1.807, 2.05) is 19.1 Å². The van der Waals surface area contributed by atoms with E-state index in [1.54, 1.807) is 13.2 Å². The molecule has 1 aliphatic heterocycles. The number of aliphatic imine (C=N–C) groups is 1. The number of amides is 1. The molecular formula is C22H38N6O2. The van der Waals surface area contributed by atoms with Crippen LogP contribution in [-0.4, -0.2) is 74.2 Å². The molecule has 1 amide bonds. The number of carbonyl (C=O) groups is 1. The Labute approximate surface area is 180 Å². The number of hydrogen-bond acceptors (Lipinski definition) is 5. The zero-order valence-electron chi connectivity index (χ0n) is 18.9. The van der Waals surface area contributed by atoms with Crippen LogP contribution in [0.5, 0.6) is 0 Å². The molecular weight excluding hydrogens is 380 g/mol. The van der Waals surface area contributed by atoms with E-state index in [-0.39, 0.29) is 5.91 Å². The van der Waals surface area contributed by atoms with Crippen LogP contribution in [0.2, 0.25) is 0 Å². The number of aromatic nitrogens is 1. The van der Waals surface area contributed by atoms with Gasteiger partial charge in [-0.1, -0.05) is 32.8 Å². The minimum Gasteiger partial charge on any atom is -0.379 e. The van der Waals surface area contributed by atoms with Gasteiger partial charge in [-0.25, -0.2) is 4.98 Å². The van der Waals surface area contributed by atoms with Gasteiger partial charge in [0.05, 0.1) is 13.2 Å². The SMILES string of the molecule is CCC(CC)C(CNC(=NC)NCCC(=O)Nc1ccc(C)cn1)N1CCOCC1. The van der Waals surface area contributed by atoms with E-state index in [0.717, 1.165) is 57.2 Å². The number of nitrogens with zero attached hydrogens (tertiary/aromatic N) is 3. The highest BCUT2D eigenvalue weighted by atomic mass is 16.5. The van der Waals surface area contributed by atoms with E-state index in [1.165, 1.54) is 0 Å². The summed E-state index contributed by atoms with van der Waals surface area (Å²) in [5, 5.41) is 9.52. The number of carbonyl (C=O) groups excluding carboxylic acids is 1. The molecule has 0 aromatic carbocycles. The van der Waals surface area contributed by atoms with Crippen molar-refractivity contribution in [3.05, 3.63) is 23.9 Å². The summed E-state index contributed by atoms with van der Waals surface area (Å²) in [7, 11) is 1.76. The largest absolute Gasteiger partial charge is 0.379 e. The van der Waals surface area contributed by atoms with Crippen molar-refractivity contribution in [3.63, 3.8) is 0 Å². The molecule has 1 aromatic heterocycles. The van der Waals surface area contributed by atoms with Gasteiger partial charge in [0, 0.05) is 51.9 Å². The minimum absolute atomic E-state index is 0.0717. The fraction of sp³-hybridized carbons (Fsp3) is 0.682. The molecule has 0 radical (unpaired) electrons. The number of morpholine rings is 1. The van der Waals surface area contributed by atoms with Crippen molar-refractivity contribution in [2.45, 2.75) is 46.1 Å². The second kappa shape index (κ2) is 13.2. The maximum Gasteiger partial charge on any atom is 0.227 e. The Morgan fingerprint density at radius 3 is 2.57 bits per heavy atom. The molecule has 168 valence electrons. The van der Waals surface area contributed by atoms with Gasteiger partial charge in [-0.2, -0.15) is 0 Å². The van der Waals surface area contributed by atoms with Crippen LogP contribution in [-0.2, 0) is 9.53 Å². The van der Waals surface area contributed by atoms with Gasteiger partial charge in [-0.15, -0.1) is 0 Å². The van der Waals surface area contributed by atoms with Crippen molar-refractivity contribution in [2.24, 2.45) is 10.9 Å². The molecule has 0 bridgehead atoms. The normalized spacial score (nSPS) is 16.4. The first-order valence-corrected chi connectivity index (χ1v) is 11.1. The Bertz CT molecular complexity index is 654. The smallest absolute Gasteiger partial charge is 0.227 e. The summed E-state index contributed by atoms with van der Waals surface area (Å²) in [6.07, 6.45) is 4.39. The van der Waals surface area contributed by atoms with Crippen molar-refractivity contribution >= 4 is 17.7 Å². The summed E-state index contributed by atoms with van der Waals surface area (Å²) in [6, 6.07) is 4.18. The molecule has 2 heterocycles. The fourth-order valence-corrected chi connectivity index (χ4v) is 3.80. The van der Waals surface area contributed by atoms with Gasteiger partial charge in [0.25, 0.3) is 0 Å². The number of aryl methyl sites for hydroxylation is 1. The number of rotatable bonds is 10. The highest BCUT2D eigenvalue weighted by molar-refractivity contribution is 5.90. The first-order valence-electron chi connectivity index (χ1n) is 11.1. The Morgan fingerprint density at radius 1 is 1.23 bits per heavy atom. The maximum atomic E-state index is 12.1. The predicted molar refractivity (Wildman–Crippen MR) is 122 cm³/mol. The second-order valence-electron chi connectivity index (χ2n) is 7.69. The lowest BCUT2D eigenvalue weighted by Crippen LogP contribution is -2.53. The van der Waals surface area contributed by atoms with Gasteiger partial charge in [0.15, 0.2) is 5.96 Å². The van der Waals surface area contributed by atoms with Crippen LogP contribution < -0.4 is 16.0 Å². The lowest BCUT2D eigenvalue weighted by atomic mass is 9.92. The standard InChI is InChI=1S/C22H38N6O2/c1-5-18(6-2)19(28-11-13-30-14-12-28)16-26-22(23-4)24-10-9-21(29)27-20-8-7-17(3)15-25-20/h7-8,15,18-19H,5-6,9-14,16H2,1-4H3,(H2,23,24,26)(H,25,27,29). The first kappa shape index (κ1) is 24.1. The van der Waals surface area contributed by atoms with Gasteiger partial charge in [0.1, 0.15) is 5.82 Å². The lowest BCUT2D eigenvalue weighted by Gasteiger charge is -2.39. The highest BCUT2D eigenvalue weighted by Gasteiger charge is 2.27. The molecule has 0 saturated carbocycles. The third-order valence-corrected chi connectivity index (χ3v) is 5.63. The van der Waals surface area contributed by atoms with E-state index < -0.39 is 0 Å². The third-order valence-electron chi connectivity index (χ3n) is 5.63. The van der Waals surface area contributed by atoms with Crippen LogP contribution in [0.1, 0.15) is 38.7 Å². The summed E-state index contributed by atoms with van der Waals surface area (Å²) < 4.78 is 5.53. The Hall–Kier alpha value is -2.19. The average molecular weight is 419 g/mol. The second-order valence-corrected chi connectivity index (χ2v) is 7.69. The van der Waals surface area contributed by atoms with Crippen LogP contribution in [0.4, 0.5) is 5.82 Å². The average Bonchev–Trinajstić information content (AvgIpc) is 2.77. The topological polar surface area (TPSA) is 90.9 Å². The molecule has 1 saturated heterocycles. The molecule has 1 aromatic rings. The van der Waals surface area contributed by atoms with E-state index >= 15 is 0 Å². The van der Waals surface area contributed by atoms with Gasteiger partial charge >= 0.3 is 0 Å². The molecule has 2 rings (SSSR count). The van der Waals surface area contributed by atoms with E-state index in [9.17, 15) is 4.79 Å². The number of hydrogen-bond donors (Lipinski definition) is 3. The zero-order valence-corrected chi connectivity index (χ0v) is 18.9. The molecule has 1 unspecified atom stereocenters. The van der Waals surface area contributed by atoms with Gasteiger partial charge in [-0.3, -0.25) is 14.7 Å². The van der Waals surface area contributed by atoms with Crippen LogP contribution in [0.25, 0.3) is 0 Å². The van der Waals surface area contributed by atoms with Gasteiger partial charge < -0.3 is 20.7 Å². The fourth-order valence-electron chi connectivity index (χ4n) is 3.80. The molecule has 1 atom stereocenters. The molecule has 8 nitrogen and oxygen atoms in total. The Kier molecular flexibility index (Phi) is 10.6. The third kappa shape index (κ3) is 7.91. The number of anilines is 1. The van der Waals surface area contributed by atoms with Crippen molar-refractivity contribution in [1.82, 2.24) is 20.5 Å². The molecule has 0 aliphatic carbocycles. The van der Waals surface area contributed by atoms with Crippen molar-refractivity contribution in [2.75, 3.05) is 51.8 Å². The molecule has 8 heteroatoms. The van der Waals surface area contributed by atoms with Crippen LogP contribution in [0.3, 0.4) is 0 Å². The lowest BCUT2D eigenvalue weighted by molar-refractivity contribution is -0.116. The predicted octanol–water partition coefficient (Wildman–Crippen LogP) is 2.02. The number of pyridine rings is 1. The monoisotopic (exact) mass is 418 g/mol. The molecule has 30 heavy (non-hydrogen) atoms. The Morgan fingerprint density at radius 2 is 1.97 bits per heavy atom. The van der Waals surface area contributed by atoms with Crippen LogP contribution in [0.15, 0.2) is 23.3 Å². The highest BCUT2D eigenvalue weighted by Crippen LogP contribution is 2.19.